The van der Waals surface area contributed by atoms with E-state index in [2.05, 4.69) is 0 Å². The quantitative estimate of drug-likeness (QED) is 0.256. The van der Waals surface area contributed by atoms with Gasteiger partial charge < -0.3 is 23.2 Å². The van der Waals surface area contributed by atoms with E-state index in [1.54, 1.807) is 46.0 Å². The highest BCUT2D eigenvalue weighted by molar-refractivity contribution is 7.98. The lowest BCUT2D eigenvalue weighted by Gasteiger charge is -2.51. The zero-order valence-electron chi connectivity index (χ0n) is 24.6. The summed E-state index contributed by atoms with van der Waals surface area (Å²) in [4.78, 5) is 42.2. The van der Waals surface area contributed by atoms with Gasteiger partial charge in [0.05, 0.1) is 19.3 Å². The number of thioether (sulfide) groups is 1. The van der Waals surface area contributed by atoms with Crippen LogP contribution in [0.3, 0.4) is 0 Å². The number of carbonyl (C=O) groups is 1. The standard InChI is InChI=1S/C34H25F2N3O7S/c35-23-11-10-20-22(28(23)36)18-47-26-9-5-4-8-21(26)29(20)39-27-17-43-15-14-37(27)33(41)30-32(24(40)12-13-38(30)39)44-16-25-31(46-34(42)45-25)19-6-2-1-3-7-19/h1-13,27,29H,14-18H2/t27-,29+/m1/s1. The number of amides is 1. The van der Waals surface area contributed by atoms with Gasteiger partial charge in [-0.2, -0.15) is 0 Å². The van der Waals surface area contributed by atoms with E-state index in [4.69, 9.17) is 18.3 Å². The highest BCUT2D eigenvalue weighted by Crippen LogP contribution is 2.45. The first kappa shape index (κ1) is 29.3. The van der Waals surface area contributed by atoms with E-state index in [9.17, 15) is 18.8 Å². The number of nitrogens with zero attached hydrogens (tertiary/aromatic N) is 3. The molecule has 13 heteroatoms. The minimum absolute atomic E-state index is 0.0358. The summed E-state index contributed by atoms with van der Waals surface area (Å²) in [7, 11) is 0. The number of aromatic nitrogens is 1. The number of benzene rings is 3. The van der Waals surface area contributed by atoms with Crippen LogP contribution in [-0.2, 0) is 17.1 Å². The molecule has 10 nitrogen and oxygen atoms in total. The van der Waals surface area contributed by atoms with E-state index >= 15 is 4.39 Å². The molecule has 1 amide bonds. The molecular weight excluding hydrogens is 632 g/mol. The number of hydrogen-bond acceptors (Lipinski definition) is 9. The zero-order chi connectivity index (χ0) is 32.2. The average molecular weight is 658 g/mol. The Morgan fingerprint density at radius 3 is 2.57 bits per heavy atom. The molecule has 0 spiro atoms. The fourth-order valence-corrected chi connectivity index (χ4v) is 7.57. The summed E-state index contributed by atoms with van der Waals surface area (Å²) in [5.74, 6) is -3.20. The Hall–Kier alpha value is -5.14. The van der Waals surface area contributed by atoms with E-state index in [-0.39, 0.29) is 54.0 Å². The molecule has 0 saturated carbocycles. The molecule has 0 radical (unpaired) electrons. The highest BCUT2D eigenvalue weighted by Gasteiger charge is 2.46. The van der Waals surface area contributed by atoms with Crippen molar-refractivity contribution in [1.82, 2.24) is 9.58 Å². The summed E-state index contributed by atoms with van der Waals surface area (Å²) in [5, 5.41) is 1.86. The second-order valence-corrected chi connectivity index (χ2v) is 12.2. The van der Waals surface area contributed by atoms with E-state index in [0.29, 0.717) is 11.1 Å². The minimum atomic E-state index is -0.953. The van der Waals surface area contributed by atoms with Crippen molar-refractivity contribution in [3.8, 4) is 17.1 Å². The second kappa shape index (κ2) is 11.6. The average Bonchev–Trinajstić information content (AvgIpc) is 3.39. The van der Waals surface area contributed by atoms with Gasteiger partial charge >= 0.3 is 5.82 Å². The van der Waals surface area contributed by atoms with Gasteiger partial charge in [0.25, 0.3) is 5.91 Å². The Balaban J connectivity index is 1.30. The summed E-state index contributed by atoms with van der Waals surface area (Å²) in [6.07, 6.45) is 0.805. The molecule has 1 saturated heterocycles. The van der Waals surface area contributed by atoms with E-state index in [1.807, 2.05) is 29.3 Å². The van der Waals surface area contributed by atoms with Crippen molar-refractivity contribution in [3.63, 3.8) is 0 Å². The fourth-order valence-electron chi connectivity index (χ4n) is 6.46. The lowest BCUT2D eigenvalue weighted by Crippen LogP contribution is -2.66. The Kier molecular flexibility index (Phi) is 7.22. The number of pyridine rings is 1. The molecule has 5 heterocycles. The van der Waals surface area contributed by atoms with Crippen LogP contribution in [0.25, 0.3) is 11.3 Å². The first-order chi connectivity index (χ1) is 22.9. The van der Waals surface area contributed by atoms with Crippen molar-refractivity contribution in [2.45, 2.75) is 29.5 Å². The SMILES string of the molecule is O=C1c2c(OCc3oc(=O)oc3-c3ccccc3)c(=O)ccn2N([C@@H]2c3ccccc3SCc3c2ccc(F)c3F)[C@@H]2COCCN12. The number of hydrogen-bond donors (Lipinski definition) is 0. The summed E-state index contributed by atoms with van der Waals surface area (Å²) in [6.45, 7) is 0.208. The highest BCUT2D eigenvalue weighted by atomic mass is 32.2. The lowest BCUT2D eigenvalue weighted by molar-refractivity contribution is -0.0199. The van der Waals surface area contributed by atoms with E-state index < -0.39 is 47.6 Å². The number of fused-ring (bicyclic) bond motifs is 4. The molecule has 3 aromatic carbocycles. The molecule has 47 heavy (non-hydrogen) atoms. The molecule has 5 aromatic rings. The van der Waals surface area contributed by atoms with Crippen molar-refractivity contribution in [2.75, 3.05) is 24.8 Å². The summed E-state index contributed by atoms with van der Waals surface area (Å²) >= 11 is 1.39. The predicted molar refractivity (Wildman–Crippen MR) is 166 cm³/mol. The molecule has 3 aliphatic rings. The topological polar surface area (TPSA) is 107 Å². The van der Waals surface area contributed by atoms with Crippen LogP contribution in [0.5, 0.6) is 5.75 Å². The third kappa shape index (κ3) is 4.84. The smallest absolute Gasteiger partial charge is 0.479 e. The Bertz CT molecular complexity index is 2150. The molecule has 3 aliphatic heterocycles. The molecular formula is C34H25F2N3O7S. The van der Waals surface area contributed by atoms with Gasteiger partial charge in [-0.15, -0.1) is 11.8 Å². The van der Waals surface area contributed by atoms with Gasteiger partial charge in [-0.05, 0) is 23.3 Å². The van der Waals surface area contributed by atoms with Crippen molar-refractivity contribution in [2.24, 2.45) is 0 Å². The molecule has 0 aliphatic carbocycles. The second-order valence-electron chi connectivity index (χ2n) is 11.2. The van der Waals surface area contributed by atoms with Crippen LogP contribution in [-0.4, -0.2) is 41.4 Å². The van der Waals surface area contributed by atoms with Gasteiger partial charge in [-0.1, -0.05) is 54.6 Å². The number of morpholine rings is 1. The maximum absolute atomic E-state index is 15.5. The van der Waals surface area contributed by atoms with E-state index in [0.717, 1.165) is 16.5 Å². The maximum atomic E-state index is 15.5. The predicted octanol–water partition coefficient (Wildman–Crippen LogP) is 5.06. The monoisotopic (exact) mass is 657 g/mol. The lowest BCUT2D eigenvalue weighted by atomic mass is 9.93. The van der Waals surface area contributed by atoms with Gasteiger partial charge in [0.15, 0.2) is 41.2 Å². The summed E-state index contributed by atoms with van der Waals surface area (Å²) in [5.41, 5.74) is 1.45. The molecule has 2 aromatic heterocycles. The van der Waals surface area contributed by atoms with Crippen molar-refractivity contribution < 1.29 is 31.9 Å². The molecule has 0 unspecified atom stereocenters. The summed E-state index contributed by atoms with van der Waals surface area (Å²) < 4.78 is 54.0. The van der Waals surface area contributed by atoms with Gasteiger partial charge in [-0.3, -0.25) is 19.3 Å². The largest absolute Gasteiger partial charge is 0.519 e. The normalized spacial score (nSPS) is 18.6. The third-order valence-electron chi connectivity index (χ3n) is 8.56. The maximum Gasteiger partial charge on any atom is 0.519 e. The number of carbonyl (C=O) groups excluding carboxylic acids is 1. The van der Waals surface area contributed by atoms with Gasteiger partial charge in [0.1, 0.15) is 6.17 Å². The van der Waals surface area contributed by atoms with Gasteiger partial charge in [-0.25, -0.2) is 13.6 Å². The number of halogens is 2. The Morgan fingerprint density at radius 2 is 1.72 bits per heavy atom. The van der Waals surface area contributed by atoms with Crippen LogP contribution in [0.1, 0.15) is 39.0 Å². The van der Waals surface area contributed by atoms with Crippen LogP contribution >= 0.6 is 11.8 Å². The molecule has 8 rings (SSSR count). The molecule has 1 fully saturated rings. The molecule has 0 N–H and O–H groups in total. The van der Waals surface area contributed by atoms with Crippen LogP contribution in [0.15, 0.2) is 102 Å². The van der Waals surface area contributed by atoms with Crippen LogP contribution < -0.4 is 21.0 Å². The van der Waals surface area contributed by atoms with E-state index in [1.165, 1.54) is 24.0 Å². The van der Waals surface area contributed by atoms with Crippen molar-refractivity contribution >= 4 is 17.7 Å². The summed E-state index contributed by atoms with van der Waals surface area (Å²) in [6, 6.07) is 19.6. The fraction of sp³-hybridized carbons (Fsp3) is 0.206. The molecule has 238 valence electrons. The minimum Gasteiger partial charge on any atom is -0.479 e. The Morgan fingerprint density at radius 1 is 0.915 bits per heavy atom. The van der Waals surface area contributed by atoms with Gasteiger partial charge in [0.2, 0.25) is 5.43 Å². The zero-order valence-corrected chi connectivity index (χ0v) is 25.4. The van der Waals surface area contributed by atoms with Crippen LogP contribution in [0.2, 0.25) is 0 Å². The van der Waals surface area contributed by atoms with Crippen molar-refractivity contribution in [3.05, 3.63) is 140 Å². The first-order valence-electron chi connectivity index (χ1n) is 14.8. The van der Waals surface area contributed by atoms with Crippen LogP contribution in [0.4, 0.5) is 8.78 Å². The van der Waals surface area contributed by atoms with Gasteiger partial charge in [0, 0.05) is 40.6 Å². The third-order valence-corrected chi connectivity index (χ3v) is 9.68. The number of ether oxygens (including phenoxy) is 2. The first-order valence-corrected chi connectivity index (χ1v) is 15.8. The van der Waals surface area contributed by atoms with Crippen molar-refractivity contribution in [1.29, 1.82) is 0 Å². The Labute approximate surface area is 269 Å². The van der Waals surface area contributed by atoms with Crippen LogP contribution in [0, 0.1) is 11.6 Å². The molecule has 2 atom stereocenters. The molecule has 0 bridgehead atoms. The number of rotatable bonds is 5.